The number of benzene rings is 2. The summed E-state index contributed by atoms with van der Waals surface area (Å²) >= 11 is 0. The molecule has 0 heterocycles. The van der Waals surface area contributed by atoms with Gasteiger partial charge in [0.25, 0.3) is 5.91 Å². The summed E-state index contributed by atoms with van der Waals surface area (Å²) in [4.78, 5) is 24.2. The van der Waals surface area contributed by atoms with Gasteiger partial charge >= 0.3 is 6.03 Å². The summed E-state index contributed by atoms with van der Waals surface area (Å²) in [7, 11) is 0. The minimum Gasteiger partial charge on any atom is -0.350 e. The van der Waals surface area contributed by atoms with Gasteiger partial charge in [-0.05, 0) is 61.7 Å². The molecule has 144 valence electrons. The number of amides is 3. The first-order valence-corrected chi connectivity index (χ1v) is 8.69. The third kappa shape index (κ3) is 6.06. The van der Waals surface area contributed by atoms with Gasteiger partial charge in [-0.25, -0.2) is 13.6 Å². The van der Waals surface area contributed by atoms with Gasteiger partial charge in [-0.1, -0.05) is 6.92 Å². The number of hydrogen-bond acceptors (Lipinski definition) is 2. The van der Waals surface area contributed by atoms with Gasteiger partial charge in [-0.3, -0.25) is 4.79 Å². The molecule has 0 aliphatic heterocycles. The van der Waals surface area contributed by atoms with Crippen LogP contribution in [0.25, 0.3) is 0 Å². The standard InChI is InChI=1S/C20H23F2N3O2/c1-4-13(3)24-19(26)15-5-6-18(12(2)7-15)25-20(27)23-11-14-8-16(21)10-17(22)9-14/h5-10,13H,4,11H2,1-3H3,(H,24,26)(H2,23,25,27). The molecule has 0 fully saturated rings. The second-order valence-electron chi connectivity index (χ2n) is 6.40. The number of hydrogen-bond donors (Lipinski definition) is 3. The van der Waals surface area contributed by atoms with Crippen molar-refractivity contribution in [2.24, 2.45) is 0 Å². The summed E-state index contributed by atoms with van der Waals surface area (Å²) in [6, 6.07) is 7.60. The fourth-order valence-corrected chi connectivity index (χ4v) is 2.42. The van der Waals surface area contributed by atoms with Crippen LogP contribution in [0.3, 0.4) is 0 Å². The minimum atomic E-state index is -0.700. The quantitative estimate of drug-likeness (QED) is 0.711. The maximum atomic E-state index is 13.2. The Labute approximate surface area is 157 Å². The maximum Gasteiger partial charge on any atom is 0.319 e. The molecule has 0 bridgehead atoms. The van der Waals surface area contributed by atoms with Crippen molar-refractivity contribution in [2.45, 2.75) is 39.8 Å². The fraction of sp³-hybridized carbons (Fsp3) is 0.300. The van der Waals surface area contributed by atoms with Gasteiger partial charge in [-0.15, -0.1) is 0 Å². The summed E-state index contributed by atoms with van der Waals surface area (Å²) in [5.74, 6) is -1.57. The first kappa shape index (κ1) is 20.4. The number of carbonyl (C=O) groups excluding carboxylic acids is 2. The summed E-state index contributed by atoms with van der Waals surface area (Å²) in [5.41, 5.74) is 2.09. The highest BCUT2D eigenvalue weighted by atomic mass is 19.1. The van der Waals surface area contributed by atoms with Crippen molar-refractivity contribution in [2.75, 3.05) is 5.32 Å². The molecule has 1 atom stereocenters. The fourth-order valence-electron chi connectivity index (χ4n) is 2.42. The molecule has 0 saturated carbocycles. The lowest BCUT2D eigenvalue weighted by Gasteiger charge is -2.14. The van der Waals surface area contributed by atoms with Crippen molar-refractivity contribution in [3.05, 3.63) is 64.7 Å². The zero-order valence-corrected chi connectivity index (χ0v) is 15.5. The predicted octanol–water partition coefficient (Wildman–Crippen LogP) is 4.12. The topological polar surface area (TPSA) is 70.2 Å². The van der Waals surface area contributed by atoms with Crippen LogP contribution in [0.15, 0.2) is 36.4 Å². The van der Waals surface area contributed by atoms with Crippen LogP contribution in [0.5, 0.6) is 0 Å². The van der Waals surface area contributed by atoms with Crippen LogP contribution in [0.1, 0.15) is 41.8 Å². The van der Waals surface area contributed by atoms with Crippen LogP contribution in [0.2, 0.25) is 0 Å². The molecule has 27 heavy (non-hydrogen) atoms. The third-order valence-electron chi connectivity index (χ3n) is 4.10. The zero-order chi connectivity index (χ0) is 20.0. The average molecular weight is 375 g/mol. The van der Waals surface area contributed by atoms with E-state index in [1.807, 2.05) is 13.8 Å². The molecule has 0 spiro atoms. The van der Waals surface area contributed by atoms with Gasteiger partial charge in [0.05, 0.1) is 0 Å². The van der Waals surface area contributed by atoms with E-state index in [2.05, 4.69) is 16.0 Å². The lowest BCUT2D eigenvalue weighted by Crippen LogP contribution is -2.32. The van der Waals surface area contributed by atoms with E-state index in [-0.39, 0.29) is 18.5 Å². The number of carbonyl (C=O) groups is 2. The van der Waals surface area contributed by atoms with E-state index in [4.69, 9.17) is 0 Å². The van der Waals surface area contributed by atoms with E-state index in [0.717, 1.165) is 30.2 Å². The molecule has 3 N–H and O–H groups in total. The number of halogens is 2. The maximum absolute atomic E-state index is 13.2. The Morgan fingerprint density at radius 2 is 1.74 bits per heavy atom. The third-order valence-corrected chi connectivity index (χ3v) is 4.10. The summed E-state index contributed by atoms with van der Waals surface area (Å²) in [6.45, 7) is 5.67. The lowest BCUT2D eigenvalue weighted by atomic mass is 10.1. The Kier molecular flexibility index (Phi) is 6.87. The van der Waals surface area contributed by atoms with E-state index in [9.17, 15) is 18.4 Å². The molecule has 5 nitrogen and oxygen atoms in total. The molecular weight excluding hydrogens is 352 g/mol. The second kappa shape index (κ2) is 9.12. The van der Waals surface area contributed by atoms with Gasteiger partial charge in [0.1, 0.15) is 11.6 Å². The van der Waals surface area contributed by atoms with Crippen molar-refractivity contribution >= 4 is 17.6 Å². The summed E-state index contributed by atoms with van der Waals surface area (Å²) in [6.07, 6.45) is 0.833. The van der Waals surface area contributed by atoms with Crippen LogP contribution in [-0.2, 0) is 6.54 Å². The van der Waals surface area contributed by atoms with Crippen LogP contribution < -0.4 is 16.0 Å². The molecule has 0 aliphatic rings. The normalized spacial score (nSPS) is 11.6. The summed E-state index contributed by atoms with van der Waals surface area (Å²) < 4.78 is 26.3. The Morgan fingerprint density at radius 3 is 2.33 bits per heavy atom. The van der Waals surface area contributed by atoms with Crippen molar-refractivity contribution in [1.29, 1.82) is 0 Å². The molecule has 1 unspecified atom stereocenters. The smallest absolute Gasteiger partial charge is 0.319 e. The van der Waals surface area contributed by atoms with Crippen molar-refractivity contribution in [3.8, 4) is 0 Å². The molecule has 2 aromatic carbocycles. The van der Waals surface area contributed by atoms with E-state index < -0.39 is 17.7 Å². The van der Waals surface area contributed by atoms with E-state index in [0.29, 0.717) is 16.8 Å². The van der Waals surface area contributed by atoms with Gasteiger partial charge in [0.2, 0.25) is 0 Å². The Balaban J connectivity index is 1.96. The monoisotopic (exact) mass is 375 g/mol. The predicted molar refractivity (Wildman–Crippen MR) is 101 cm³/mol. The molecule has 3 amide bonds. The Bertz CT molecular complexity index is 820. The van der Waals surface area contributed by atoms with E-state index in [1.54, 1.807) is 25.1 Å². The van der Waals surface area contributed by atoms with Gasteiger partial charge < -0.3 is 16.0 Å². The minimum absolute atomic E-state index is 0.0189. The molecule has 2 rings (SSSR count). The number of anilines is 1. The van der Waals surface area contributed by atoms with Crippen molar-refractivity contribution in [1.82, 2.24) is 10.6 Å². The van der Waals surface area contributed by atoms with Crippen LogP contribution in [-0.4, -0.2) is 18.0 Å². The molecule has 0 saturated heterocycles. The highest BCUT2D eigenvalue weighted by Gasteiger charge is 2.11. The molecule has 7 heteroatoms. The molecular formula is C20H23F2N3O2. The molecule has 0 aromatic heterocycles. The highest BCUT2D eigenvalue weighted by molar-refractivity contribution is 5.96. The zero-order valence-electron chi connectivity index (χ0n) is 15.5. The van der Waals surface area contributed by atoms with Crippen LogP contribution >= 0.6 is 0 Å². The van der Waals surface area contributed by atoms with Crippen molar-refractivity contribution in [3.63, 3.8) is 0 Å². The first-order chi connectivity index (χ1) is 12.8. The van der Waals surface area contributed by atoms with E-state index in [1.165, 1.54) is 0 Å². The second-order valence-corrected chi connectivity index (χ2v) is 6.40. The molecule has 0 radical (unpaired) electrons. The van der Waals surface area contributed by atoms with Gasteiger partial charge in [-0.2, -0.15) is 0 Å². The Hall–Kier alpha value is -2.96. The lowest BCUT2D eigenvalue weighted by molar-refractivity contribution is 0.0939. The number of urea groups is 1. The van der Waals surface area contributed by atoms with Crippen molar-refractivity contribution < 1.29 is 18.4 Å². The molecule has 2 aromatic rings. The number of aryl methyl sites for hydroxylation is 1. The number of nitrogens with one attached hydrogen (secondary N) is 3. The Morgan fingerprint density at radius 1 is 1.07 bits per heavy atom. The first-order valence-electron chi connectivity index (χ1n) is 8.69. The number of rotatable bonds is 6. The highest BCUT2D eigenvalue weighted by Crippen LogP contribution is 2.17. The average Bonchev–Trinajstić information content (AvgIpc) is 2.60. The van der Waals surface area contributed by atoms with Gasteiger partial charge in [0.15, 0.2) is 0 Å². The van der Waals surface area contributed by atoms with Crippen LogP contribution in [0.4, 0.5) is 19.3 Å². The largest absolute Gasteiger partial charge is 0.350 e. The van der Waals surface area contributed by atoms with Crippen LogP contribution in [0, 0.1) is 18.6 Å². The molecule has 0 aliphatic carbocycles. The van der Waals surface area contributed by atoms with E-state index >= 15 is 0 Å². The SMILES string of the molecule is CCC(C)NC(=O)c1ccc(NC(=O)NCc2cc(F)cc(F)c2)c(C)c1. The van der Waals surface area contributed by atoms with Gasteiger partial charge in [0, 0.05) is 29.9 Å². The summed E-state index contributed by atoms with van der Waals surface area (Å²) in [5, 5.41) is 8.08.